The van der Waals surface area contributed by atoms with Crippen molar-refractivity contribution >= 4 is 5.57 Å². The molecule has 0 bridgehead atoms. The average molecular weight is 517 g/mol. The summed E-state index contributed by atoms with van der Waals surface area (Å²) in [5.74, 6) is 0.688. The highest BCUT2D eigenvalue weighted by atomic mass is 19.4. The maximum Gasteiger partial charge on any atom is 0.440 e. The van der Waals surface area contributed by atoms with Gasteiger partial charge in [-0.1, -0.05) is 18.2 Å². The molecule has 0 saturated carbocycles. The van der Waals surface area contributed by atoms with Gasteiger partial charge in [0.2, 0.25) is 5.89 Å². The summed E-state index contributed by atoms with van der Waals surface area (Å²) in [6.45, 7) is 2.43. The molecule has 1 N–H and O–H groups in total. The number of allylic oxidation sites excluding steroid dienone is 2. The van der Waals surface area contributed by atoms with E-state index in [4.69, 9.17) is 18.4 Å². The molecule has 9 nitrogen and oxygen atoms in total. The SMILES string of the molecule is C/C(=C/Cn1oc(=O)[nH]c1=O)c1cccc(OCc2nc(-c3ccc(OCC(F)(F)F)cc3)oc2C)c1. The number of nitrogens with zero attached hydrogens (tertiary/aromatic N) is 2. The number of benzene rings is 2. The Hall–Kier alpha value is -4.48. The van der Waals surface area contributed by atoms with Crippen LogP contribution in [0.25, 0.3) is 17.0 Å². The van der Waals surface area contributed by atoms with Crippen LogP contribution in [0.15, 0.2) is 73.1 Å². The number of H-pyrrole nitrogens is 1. The van der Waals surface area contributed by atoms with Crippen LogP contribution in [0.4, 0.5) is 13.2 Å². The van der Waals surface area contributed by atoms with Crippen molar-refractivity contribution in [1.82, 2.24) is 14.7 Å². The average Bonchev–Trinajstić information content (AvgIpc) is 3.40. The number of oxazole rings is 1. The van der Waals surface area contributed by atoms with Crippen molar-refractivity contribution < 1.29 is 31.6 Å². The first kappa shape index (κ1) is 25.6. The lowest BCUT2D eigenvalue weighted by Gasteiger charge is -2.09. The summed E-state index contributed by atoms with van der Waals surface area (Å²) in [5, 5.41) is 0. The van der Waals surface area contributed by atoms with E-state index in [1.54, 1.807) is 31.2 Å². The van der Waals surface area contributed by atoms with E-state index in [1.807, 2.05) is 30.1 Å². The van der Waals surface area contributed by atoms with Gasteiger partial charge < -0.3 is 18.4 Å². The molecule has 194 valence electrons. The van der Waals surface area contributed by atoms with E-state index in [2.05, 4.69) is 4.98 Å². The highest BCUT2D eigenvalue weighted by Gasteiger charge is 2.28. The van der Waals surface area contributed by atoms with Gasteiger partial charge in [0.05, 0.1) is 6.54 Å². The quantitative estimate of drug-likeness (QED) is 0.342. The second-order valence-electron chi connectivity index (χ2n) is 8.02. The largest absolute Gasteiger partial charge is 0.487 e. The monoisotopic (exact) mass is 517 g/mol. The van der Waals surface area contributed by atoms with Crippen LogP contribution in [-0.4, -0.2) is 27.5 Å². The number of aromatic nitrogens is 3. The molecule has 0 saturated heterocycles. The van der Waals surface area contributed by atoms with Gasteiger partial charge in [0.25, 0.3) is 0 Å². The van der Waals surface area contributed by atoms with Gasteiger partial charge in [-0.05, 0) is 61.4 Å². The van der Waals surface area contributed by atoms with E-state index in [0.717, 1.165) is 15.9 Å². The maximum absolute atomic E-state index is 12.3. The summed E-state index contributed by atoms with van der Waals surface area (Å²) in [5.41, 5.74) is 2.19. The summed E-state index contributed by atoms with van der Waals surface area (Å²) in [4.78, 5) is 29.1. The van der Waals surface area contributed by atoms with Crippen molar-refractivity contribution in [2.24, 2.45) is 0 Å². The fourth-order valence-corrected chi connectivity index (χ4v) is 3.30. The molecular formula is C25H22F3N3O6. The Kier molecular flexibility index (Phi) is 7.37. The van der Waals surface area contributed by atoms with Crippen LogP contribution in [0.5, 0.6) is 11.5 Å². The minimum Gasteiger partial charge on any atom is -0.487 e. The molecule has 0 amide bonds. The van der Waals surface area contributed by atoms with Gasteiger partial charge in [-0.3, -0.25) is 0 Å². The number of aromatic amines is 1. The Labute approximate surface area is 207 Å². The van der Waals surface area contributed by atoms with Gasteiger partial charge in [0, 0.05) is 5.56 Å². The molecule has 4 rings (SSSR count). The van der Waals surface area contributed by atoms with Crippen molar-refractivity contribution in [3.8, 4) is 23.0 Å². The number of rotatable bonds is 9. The fraction of sp³-hybridized carbons (Fsp3) is 0.240. The van der Waals surface area contributed by atoms with Crippen molar-refractivity contribution in [2.45, 2.75) is 33.2 Å². The second-order valence-corrected chi connectivity index (χ2v) is 8.02. The fourth-order valence-electron chi connectivity index (χ4n) is 3.30. The molecule has 0 unspecified atom stereocenters. The molecule has 2 heterocycles. The Morgan fingerprint density at radius 2 is 1.86 bits per heavy atom. The first-order valence-corrected chi connectivity index (χ1v) is 11.0. The molecule has 0 aliphatic rings. The Morgan fingerprint density at radius 3 is 2.54 bits per heavy atom. The minimum absolute atomic E-state index is 0.0850. The Morgan fingerprint density at radius 1 is 1.11 bits per heavy atom. The molecule has 0 spiro atoms. The topological polar surface area (TPSA) is 112 Å². The summed E-state index contributed by atoms with van der Waals surface area (Å²) < 4.78 is 58.9. The highest BCUT2D eigenvalue weighted by molar-refractivity contribution is 5.64. The van der Waals surface area contributed by atoms with E-state index >= 15 is 0 Å². The molecule has 0 aliphatic carbocycles. The van der Waals surface area contributed by atoms with E-state index in [1.165, 1.54) is 12.1 Å². The van der Waals surface area contributed by atoms with Crippen molar-refractivity contribution in [1.29, 1.82) is 0 Å². The smallest absolute Gasteiger partial charge is 0.440 e. The van der Waals surface area contributed by atoms with E-state index in [-0.39, 0.29) is 18.9 Å². The molecule has 12 heteroatoms. The van der Waals surface area contributed by atoms with E-state index < -0.39 is 24.2 Å². The summed E-state index contributed by atoms with van der Waals surface area (Å²) >= 11 is 0. The second kappa shape index (κ2) is 10.6. The maximum atomic E-state index is 12.3. The number of ether oxygens (including phenoxy) is 2. The zero-order chi connectivity index (χ0) is 26.6. The van der Waals surface area contributed by atoms with Crippen LogP contribution in [0.2, 0.25) is 0 Å². The van der Waals surface area contributed by atoms with Crippen molar-refractivity contribution in [3.05, 3.63) is 92.7 Å². The molecule has 0 atom stereocenters. The molecule has 2 aromatic carbocycles. The Balaban J connectivity index is 1.39. The van der Waals surface area contributed by atoms with Crippen LogP contribution < -0.4 is 20.9 Å². The predicted octanol–water partition coefficient (Wildman–Crippen LogP) is 4.72. The molecular weight excluding hydrogens is 495 g/mol. The van der Waals surface area contributed by atoms with Crippen LogP contribution in [0.1, 0.15) is 23.9 Å². The number of halogens is 3. The van der Waals surface area contributed by atoms with Gasteiger partial charge in [0.1, 0.15) is 29.6 Å². The molecule has 37 heavy (non-hydrogen) atoms. The minimum atomic E-state index is -4.41. The third-order valence-electron chi connectivity index (χ3n) is 5.25. The number of alkyl halides is 3. The summed E-state index contributed by atoms with van der Waals surface area (Å²) in [7, 11) is 0. The zero-order valence-corrected chi connectivity index (χ0v) is 19.8. The Bertz CT molecular complexity index is 1510. The number of aryl methyl sites for hydroxylation is 1. The van der Waals surface area contributed by atoms with Gasteiger partial charge in [-0.15, -0.1) is 4.74 Å². The number of hydrogen-bond donors (Lipinski definition) is 1. The van der Waals surface area contributed by atoms with Crippen molar-refractivity contribution in [2.75, 3.05) is 6.61 Å². The zero-order valence-electron chi connectivity index (χ0n) is 19.8. The third kappa shape index (κ3) is 6.81. The van der Waals surface area contributed by atoms with Gasteiger partial charge in [0.15, 0.2) is 6.61 Å². The van der Waals surface area contributed by atoms with Crippen LogP contribution in [0, 0.1) is 6.92 Å². The summed E-state index contributed by atoms with van der Waals surface area (Å²) in [6.07, 6.45) is -2.67. The highest BCUT2D eigenvalue weighted by Crippen LogP contribution is 2.26. The van der Waals surface area contributed by atoms with Gasteiger partial charge in [-0.25, -0.2) is 19.6 Å². The van der Waals surface area contributed by atoms with Crippen LogP contribution in [0.3, 0.4) is 0 Å². The number of hydrogen-bond acceptors (Lipinski definition) is 7. The normalized spacial score (nSPS) is 12.1. The summed E-state index contributed by atoms with van der Waals surface area (Å²) in [6, 6.07) is 13.2. The third-order valence-corrected chi connectivity index (χ3v) is 5.25. The standard InChI is InChI=1S/C25H22F3N3O6/c1-15(10-11-31-23(32)30-24(33)37-31)18-4-3-5-20(12-18)34-13-21-16(2)36-22(29-21)17-6-8-19(9-7-17)35-14-25(26,27)28/h3-10,12H,11,13-14H2,1-2H3,(H,30,32,33)/b15-10-. The van der Waals surface area contributed by atoms with Gasteiger partial charge in [-0.2, -0.15) is 13.2 Å². The van der Waals surface area contributed by atoms with Crippen LogP contribution >= 0.6 is 0 Å². The van der Waals surface area contributed by atoms with E-state index in [0.29, 0.717) is 28.7 Å². The predicted molar refractivity (Wildman–Crippen MR) is 126 cm³/mol. The molecule has 2 aromatic heterocycles. The molecule has 0 fully saturated rings. The molecule has 4 aromatic rings. The van der Waals surface area contributed by atoms with Crippen LogP contribution in [-0.2, 0) is 13.2 Å². The molecule has 0 radical (unpaired) electrons. The van der Waals surface area contributed by atoms with Gasteiger partial charge >= 0.3 is 17.6 Å². The lowest BCUT2D eigenvalue weighted by Crippen LogP contribution is -2.19. The van der Waals surface area contributed by atoms with E-state index in [9.17, 15) is 22.8 Å². The first-order chi connectivity index (χ1) is 17.6. The number of nitrogens with one attached hydrogen (secondary N) is 1. The first-order valence-electron chi connectivity index (χ1n) is 11.0. The lowest BCUT2D eigenvalue weighted by atomic mass is 10.1. The lowest BCUT2D eigenvalue weighted by molar-refractivity contribution is -0.153. The van der Waals surface area contributed by atoms with Crippen molar-refractivity contribution in [3.63, 3.8) is 0 Å². The molecule has 0 aliphatic heterocycles.